The van der Waals surface area contributed by atoms with E-state index in [1.165, 1.54) is 10.9 Å². The Morgan fingerprint density at radius 1 is 1.53 bits per heavy atom. The van der Waals surface area contributed by atoms with Gasteiger partial charge >= 0.3 is 0 Å². The zero-order valence-electron chi connectivity index (χ0n) is 9.70. The topological polar surface area (TPSA) is 86.7 Å². The Hall–Kier alpha value is -2.05. The highest BCUT2D eigenvalue weighted by atomic mass is 16.5. The van der Waals surface area contributed by atoms with Crippen LogP contribution in [0.5, 0.6) is 0 Å². The summed E-state index contributed by atoms with van der Waals surface area (Å²) in [6.45, 7) is 4.51. The molecule has 90 valence electrons. The maximum absolute atomic E-state index is 10.4. The molecule has 0 amide bonds. The molecular weight excluding hydrogens is 222 g/mol. The van der Waals surface area contributed by atoms with Gasteiger partial charge in [-0.1, -0.05) is 24.2 Å². The van der Waals surface area contributed by atoms with E-state index in [-0.39, 0.29) is 5.69 Å². The van der Waals surface area contributed by atoms with Crippen molar-refractivity contribution in [1.29, 1.82) is 0 Å². The summed E-state index contributed by atoms with van der Waals surface area (Å²) in [5.74, 6) is 1.62. The molecule has 17 heavy (non-hydrogen) atoms. The summed E-state index contributed by atoms with van der Waals surface area (Å²) >= 11 is 0. The highest BCUT2D eigenvalue weighted by Crippen LogP contribution is 2.06. The first-order chi connectivity index (χ1) is 8.17. The molecule has 0 aliphatic carbocycles. The molecule has 2 aromatic rings. The van der Waals surface area contributed by atoms with Crippen LogP contribution in [0.4, 0.5) is 0 Å². The minimum absolute atomic E-state index is 0.288. The summed E-state index contributed by atoms with van der Waals surface area (Å²) in [6, 6.07) is 0. The average Bonchev–Trinajstić information content (AvgIpc) is 2.88. The third-order valence-corrected chi connectivity index (χ3v) is 2.07. The molecule has 7 nitrogen and oxygen atoms in total. The van der Waals surface area contributed by atoms with Gasteiger partial charge in [0.25, 0.3) is 0 Å². The normalized spacial score (nSPS) is 11.0. The lowest BCUT2D eigenvalue weighted by Crippen LogP contribution is -2.02. The zero-order chi connectivity index (χ0) is 12.3. The van der Waals surface area contributed by atoms with Crippen molar-refractivity contribution >= 4 is 6.29 Å². The van der Waals surface area contributed by atoms with Gasteiger partial charge in [0.05, 0.1) is 6.20 Å². The number of hydrogen-bond acceptors (Lipinski definition) is 6. The summed E-state index contributed by atoms with van der Waals surface area (Å²) in [4.78, 5) is 14.7. The first kappa shape index (κ1) is 11.4. The Morgan fingerprint density at radius 3 is 3.00 bits per heavy atom. The zero-order valence-corrected chi connectivity index (χ0v) is 9.70. The van der Waals surface area contributed by atoms with Crippen molar-refractivity contribution in [3.8, 4) is 0 Å². The molecular formula is C10H13N5O2. The molecule has 0 unspecified atom stereocenters. The SMILES string of the molecule is CC(C)Cc1nc(Cn2cc(C=O)nn2)no1. The second-order valence-electron chi connectivity index (χ2n) is 4.16. The van der Waals surface area contributed by atoms with Crippen molar-refractivity contribution in [3.63, 3.8) is 0 Å². The number of nitrogens with zero attached hydrogens (tertiary/aromatic N) is 5. The van der Waals surface area contributed by atoms with Crippen molar-refractivity contribution in [2.75, 3.05) is 0 Å². The minimum Gasteiger partial charge on any atom is -0.339 e. The van der Waals surface area contributed by atoms with E-state index in [1.807, 2.05) is 0 Å². The summed E-state index contributed by atoms with van der Waals surface area (Å²) in [7, 11) is 0. The van der Waals surface area contributed by atoms with E-state index in [2.05, 4.69) is 34.3 Å². The summed E-state index contributed by atoms with van der Waals surface area (Å²) in [5.41, 5.74) is 0.288. The summed E-state index contributed by atoms with van der Waals surface area (Å²) in [5, 5.41) is 11.2. The van der Waals surface area contributed by atoms with Crippen molar-refractivity contribution in [2.24, 2.45) is 5.92 Å². The number of rotatable bonds is 5. The van der Waals surface area contributed by atoms with Crippen LogP contribution >= 0.6 is 0 Å². The second kappa shape index (κ2) is 4.86. The van der Waals surface area contributed by atoms with Gasteiger partial charge in [0.2, 0.25) is 5.89 Å². The molecule has 0 aliphatic heterocycles. The fraction of sp³-hybridized carbons (Fsp3) is 0.500. The van der Waals surface area contributed by atoms with Gasteiger partial charge in [-0.25, -0.2) is 4.68 Å². The first-order valence-electron chi connectivity index (χ1n) is 5.34. The molecule has 2 heterocycles. The molecule has 0 radical (unpaired) electrons. The molecule has 0 fully saturated rings. The third-order valence-electron chi connectivity index (χ3n) is 2.07. The molecule has 0 N–H and O–H groups in total. The maximum atomic E-state index is 10.4. The van der Waals surface area contributed by atoms with Gasteiger partial charge in [0, 0.05) is 6.42 Å². The predicted octanol–water partition coefficient (Wildman–Crippen LogP) is 0.720. The summed E-state index contributed by atoms with van der Waals surface area (Å²) in [6.07, 6.45) is 2.93. The molecule has 0 bridgehead atoms. The van der Waals surface area contributed by atoms with Crippen LogP contribution in [0.1, 0.15) is 36.1 Å². The summed E-state index contributed by atoms with van der Waals surface area (Å²) < 4.78 is 6.58. The monoisotopic (exact) mass is 235 g/mol. The predicted molar refractivity (Wildman–Crippen MR) is 57.4 cm³/mol. The van der Waals surface area contributed by atoms with Crippen LogP contribution in [0.2, 0.25) is 0 Å². The van der Waals surface area contributed by atoms with Crippen LogP contribution in [0, 0.1) is 5.92 Å². The molecule has 0 aliphatic rings. The molecule has 0 aromatic carbocycles. The van der Waals surface area contributed by atoms with Crippen LogP contribution in [0.3, 0.4) is 0 Å². The van der Waals surface area contributed by atoms with Gasteiger partial charge in [0.1, 0.15) is 12.2 Å². The Kier molecular flexibility index (Phi) is 3.27. The van der Waals surface area contributed by atoms with E-state index in [0.29, 0.717) is 30.5 Å². The molecule has 0 atom stereocenters. The lowest BCUT2D eigenvalue weighted by Gasteiger charge is -1.96. The number of aldehydes is 1. The van der Waals surface area contributed by atoms with Gasteiger partial charge in [-0.3, -0.25) is 4.79 Å². The van der Waals surface area contributed by atoms with Crippen LogP contribution in [-0.2, 0) is 13.0 Å². The molecule has 2 aromatic heterocycles. The van der Waals surface area contributed by atoms with E-state index >= 15 is 0 Å². The maximum Gasteiger partial charge on any atom is 0.226 e. The van der Waals surface area contributed by atoms with Crippen molar-refractivity contribution in [2.45, 2.75) is 26.8 Å². The van der Waals surface area contributed by atoms with E-state index < -0.39 is 0 Å². The Morgan fingerprint density at radius 2 is 2.35 bits per heavy atom. The van der Waals surface area contributed by atoms with Crippen LogP contribution in [0.15, 0.2) is 10.7 Å². The number of carbonyl (C=O) groups excluding carboxylic acids is 1. The molecule has 0 saturated heterocycles. The first-order valence-corrected chi connectivity index (χ1v) is 5.34. The minimum atomic E-state index is 0.288. The van der Waals surface area contributed by atoms with E-state index in [0.717, 1.165) is 6.42 Å². The Labute approximate surface area is 97.8 Å². The third kappa shape index (κ3) is 2.96. The number of aromatic nitrogens is 5. The Bertz CT molecular complexity index is 502. The van der Waals surface area contributed by atoms with Crippen LogP contribution < -0.4 is 0 Å². The fourth-order valence-corrected chi connectivity index (χ4v) is 1.38. The molecule has 2 rings (SSSR count). The molecule has 0 spiro atoms. The van der Waals surface area contributed by atoms with Crippen LogP contribution in [0.25, 0.3) is 0 Å². The lowest BCUT2D eigenvalue weighted by molar-refractivity contribution is 0.111. The van der Waals surface area contributed by atoms with Crippen molar-refractivity contribution < 1.29 is 9.32 Å². The average molecular weight is 235 g/mol. The smallest absolute Gasteiger partial charge is 0.226 e. The quantitative estimate of drug-likeness (QED) is 0.710. The molecule has 0 saturated carbocycles. The Balaban J connectivity index is 2.03. The van der Waals surface area contributed by atoms with Crippen LogP contribution in [-0.4, -0.2) is 31.4 Å². The van der Waals surface area contributed by atoms with Crippen molar-refractivity contribution in [1.82, 2.24) is 25.1 Å². The van der Waals surface area contributed by atoms with Gasteiger partial charge in [-0.05, 0) is 5.92 Å². The highest BCUT2D eigenvalue weighted by Gasteiger charge is 2.09. The van der Waals surface area contributed by atoms with Gasteiger partial charge in [-0.15, -0.1) is 5.10 Å². The van der Waals surface area contributed by atoms with E-state index in [9.17, 15) is 4.79 Å². The standard InChI is InChI=1S/C10H13N5O2/c1-7(2)3-10-11-9(13-17-10)5-15-4-8(6-16)12-14-15/h4,6-7H,3,5H2,1-2H3. The molecule has 7 heteroatoms. The van der Waals surface area contributed by atoms with Gasteiger partial charge < -0.3 is 4.52 Å². The second-order valence-corrected chi connectivity index (χ2v) is 4.16. The number of carbonyl (C=O) groups is 1. The van der Waals surface area contributed by atoms with Gasteiger partial charge in [-0.2, -0.15) is 4.98 Å². The van der Waals surface area contributed by atoms with E-state index in [1.54, 1.807) is 0 Å². The van der Waals surface area contributed by atoms with Crippen molar-refractivity contribution in [3.05, 3.63) is 23.6 Å². The number of hydrogen-bond donors (Lipinski definition) is 0. The highest BCUT2D eigenvalue weighted by molar-refractivity contribution is 5.70. The van der Waals surface area contributed by atoms with E-state index in [4.69, 9.17) is 4.52 Å². The van der Waals surface area contributed by atoms with Gasteiger partial charge in [0.15, 0.2) is 12.1 Å². The lowest BCUT2D eigenvalue weighted by atomic mass is 10.1. The fourth-order valence-electron chi connectivity index (χ4n) is 1.38. The largest absolute Gasteiger partial charge is 0.339 e.